The third-order valence-corrected chi connectivity index (χ3v) is 4.90. The summed E-state index contributed by atoms with van der Waals surface area (Å²) in [7, 11) is 0. The molecule has 0 saturated carbocycles. The number of hydrogen-bond acceptors (Lipinski definition) is 6. The molecule has 0 radical (unpaired) electrons. The van der Waals surface area contributed by atoms with Crippen molar-refractivity contribution in [2.24, 2.45) is 0 Å². The average Bonchev–Trinajstić information content (AvgIpc) is 2.77. The van der Waals surface area contributed by atoms with Crippen LogP contribution in [-0.2, 0) is 9.53 Å². The Balaban J connectivity index is 1.78. The van der Waals surface area contributed by atoms with Gasteiger partial charge in [-0.25, -0.2) is 9.59 Å². The summed E-state index contributed by atoms with van der Waals surface area (Å²) in [5, 5.41) is 13.7. The van der Waals surface area contributed by atoms with Crippen LogP contribution in [0.2, 0.25) is 0 Å². The number of carbonyl (C=O) groups excluding carboxylic acids is 2. The second kappa shape index (κ2) is 9.75. The van der Waals surface area contributed by atoms with E-state index >= 15 is 0 Å². The maximum absolute atomic E-state index is 12.9. The van der Waals surface area contributed by atoms with Crippen molar-refractivity contribution < 1.29 is 24.0 Å². The van der Waals surface area contributed by atoms with E-state index in [2.05, 4.69) is 5.32 Å². The summed E-state index contributed by atoms with van der Waals surface area (Å²) in [6, 6.07) is 13.7. The number of esters is 1. The van der Waals surface area contributed by atoms with Crippen LogP contribution >= 0.6 is 0 Å². The Labute approximate surface area is 179 Å². The van der Waals surface area contributed by atoms with Crippen LogP contribution in [0.5, 0.6) is 5.75 Å². The molecule has 0 bridgehead atoms. The van der Waals surface area contributed by atoms with E-state index < -0.39 is 16.9 Å². The minimum absolute atomic E-state index is 0.0254. The highest BCUT2D eigenvalue weighted by molar-refractivity contribution is 5.95. The van der Waals surface area contributed by atoms with E-state index in [1.165, 1.54) is 29.2 Å². The molecule has 2 amide bonds. The van der Waals surface area contributed by atoms with Gasteiger partial charge in [-0.2, -0.15) is 0 Å². The molecule has 0 unspecified atom stereocenters. The molecule has 31 heavy (non-hydrogen) atoms. The summed E-state index contributed by atoms with van der Waals surface area (Å²) in [6.45, 7) is 4.05. The second-order valence-corrected chi connectivity index (χ2v) is 6.77. The van der Waals surface area contributed by atoms with Crippen molar-refractivity contribution in [3.05, 3.63) is 81.5 Å². The molecule has 0 spiro atoms. The zero-order valence-corrected chi connectivity index (χ0v) is 17.2. The quantitative estimate of drug-likeness (QED) is 0.300. The van der Waals surface area contributed by atoms with Crippen LogP contribution in [-0.4, -0.2) is 41.6 Å². The van der Waals surface area contributed by atoms with Crippen LogP contribution in [0.25, 0.3) is 0 Å². The number of nitrogens with one attached hydrogen (secondary N) is 1. The molecular formula is C22H23N3O6. The van der Waals surface area contributed by atoms with Crippen molar-refractivity contribution >= 4 is 17.7 Å². The van der Waals surface area contributed by atoms with Crippen molar-refractivity contribution in [1.29, 1.82) is 0 Å². The van der Waals surface area contributed by atoms with Crippen LogP contribution in [0.15, 0.2) is 65.9 Å². The Bertz CT molecular complexity index is 988. The van der Waals surface area contributed by atoms with Gasteiger partial charge in [0.05, 0.1) is 16.5 Å². The molecule has 1 aliphatic heterocycles. The number of carbonyl (C=O) groups is 2. The Morgan fingerprint density at radius 1 is 1.13 bits per heavy atom. The molecule has 1 N–H and O–H groups in total. The summed E-state index contributed by atoms with van der Waals surface area (Å²) >= 11 is 0. The van der Waals surface area contributed by atoms with E-state index in [4.69, 9.17) is 9.47 Å². The lowest BCUT2D eigenvalue weighted by Crippen LogP contribution is -2.48. The molecule has 3 rings (SSSR count). The highest BCUT2D eigenvalue weighted by Gasteiger charge is 2.36. The molecule has 1 atom stereocenters. The number of nitro groups is 1. The van der Waals surface area contributed by atoms with E-state index in [0.717, 1.165) is 0 Å². The van der Waals surface area contributed by atoms with Gasteiger partial charge < -0.3 is 14.8 Å². The number of rotatable bonds is 8. The van der Waals surface area contributed by atoms with Gasteiger partial charge in [-0.3, -0.25) is 15.0 Å². The lowest BCUT2D eigenvalue weighted by molar-refractivity contribution is -0.384. The van der Waals surface area contributed by atoms with Gasteiger partial charge in [0.2, 0.25) is 0 Å². The fourth-order valence-corrected chi connectivity index (χ4v) is 3.35. The Kier molecular flexibility index (Phi) is 6.86. The zero-order valence-electron chi connectivity index (χ0n) is 17.2. The molecule has 162 valence electrons. The van der Waals surface area contributed by atoms with E-state index in [-0.39, 0.29) is 30.5 Å². The highest BCUT2D eigenvalue weighted by atomic mass is 16.6. The first-order valence-electron chi connectivity index (χ1n) is 9.80. The Morgan fingerprint density at radius 3 is 2.42 bits per heavy atom. The number of hydrogen-bond donors (Lipinski definition) is 1. The zero-order chi connectivity index (χ0) is 22.4. The average molecular weight is 425 g/mol. The van der Waals surface area contributed by atoms with Gasteiger partial charge in [-0.05, 0) is 43.7 Å². The summed E-state index contributed by atoms with van der Waals surface area (Å²) in [5.41, 5.74) is 1.21. The first-order chi connectivity index (χ1) is 14.9. The number of nitro benzene ring substituents is 1. The number of urea groups is 1. The first kappa shape index (κ1) is 21.8. The van der Waals surface area contributed by atoms with Crippen LogP contribution in [0.4, 0.5) is 10.5 Å². The molecule has 1 aliphatic rings. The maximum Gasteiger partial charge on any atom is 0.338 e. The maximum atomic E-state index is 12.9. The molecule has 1 heterocycles. The summed E-state index contributed by atoms with van der Waals surface area (Å²) < 4.78 is 10.9. The van der Waals surface area contributed by atoms with Gasteiger partial charge >= 0.3 is 12.0 Å². The standard InChI is InChI=1S/C22H23N3O6/c1-3-24-15(2)19(21(26)31-14-13-30-18-7-5-4-6-8-18)20(23-22(24)27)16-9-11-17(12-10-16)25(28)29/h4-12,20H,3,13-14H2,1-2H3,(H,23,27)/t20-/m1/s1. The number of para-hydroxylation sites is 1. The SMILES string of the molecule is CCN1C(=O)N[C@H](c2ccc([N+](=O)[O-])cc2)C(C(=O)OCCOc2ccccc2)=C1C. The van der Waals surface area contributed by atoms with Gasteiger partial charge in [-0.1, -0.05) is 18.2 Å². The van der Waals surface area contributed by atoms with Crippen molar-refractivity contribution in [3.8, 4) is 5.75 Å². The lowest BCUT2D eigenvalue weighted by atomic mass is 9.94. The first-order valence-corrected chi connectivity index (χ1v) is 9.80. The molecule has 9 heteroatoms. The number of non-ortho nitro benzene ring substituents is 1. The monoisotopic (exact) mass is 425 g/mol. The number of allylic oxidation sites excluding steroid dienone is 1. The minimum atomic E-state index is -0.779. The molecule has 0 aliphatic carbocycles. The molecule has 2 aromatic rings. The molecule has 0 fully saturated rings. The number of amides is 2. The minimum Gasteiger partial charge on any atom is -0.490 e. The highest BCUT2D eigenvalue weighted by Crippen LogP contribution is 2.32. The number of nitrogens with zero attached hydrogens (tertiary/aromatic N) is 2. The van der Waals surface area contributed by atoms with Crippen LogP contribution in [0.1, 0.15) is 25.5 Å². The predicted octanol–water partition coefficient (Wildman–Crippen LogP) is 3.58. The third kappa shape index (κ3) is 5.00. The lowest BCUT2D eigenvalue weighted by Gasteiger charge is -2.34. The molecule has 9 nitrogen and oxygen atoms in total. The second-order valence-electron chi connectivity index (χ2n) is 6.77. The van der Waals surface area contributed by atoms with Crippen molar-refractivity contribution in [2.45, 2.75) is 19.9 Å². The van der Waals surface area contributed by atoms with Crippen LogP contribution in [0.3, 0.4) is 0 Å². The number of benzene rings is 2. The number of ether oxygens (including phenoxy) is 2. The van der Waals surface area contributed by atoms with Crippen LogP contribution in [0, 0.1) is 10.1 Å². The topological polar surface area (TPSA) is 111 Å². The van der Waals surface area contributed by atoms with Gasteiger partial charge in [0.1, 0.15) is 19.0 Å². The summed E-state index contributed by atoms with van der Waals surface area (Å²) in [4.78, 5) is 37.3. The normalized spacial score (nSPS) is 16.0. The smallest absolute Gasteiger partial charge is 0.338 e. The van der Waals surface area contributed by atoms with Crippen molar-refractivity contribution in [1.82, 2.24) is 10.2 Å². The molecule has 0 saturated heterocycles. The molecule has 2 aromatic carbocycles. The fourth-order valence-electron chi connectivity index (χ4n) is 3.35. The van der Waals surface area contributed by atoms with Crippen molar-refractivity contribution in [2.75, 3.05) is 19.8 Å². The molecular weight excluding hydrogens is 402 g/mol. The fraction of sp³-hybridized carbons (Fsp3) is 0.273. The third-order valence-electron chi connectivity index (χ3n) is 4.90. The van der Waals surface area contributed by atoms with E-state index in [1.807, 2.05) is 18.2 Å². The summed E-state index contributed by atoms with van der Waals surface area (Å²) in [5.74, 6) is 0.0794. The predicted molar refractivity (Wildman–Crippen MR) is 112 cm³/mol. The van der Waals surface area contributed by atoms with E-state index in [1.54, 1.807) is 26.0 Å². The van der Waals surface area contributed by atoms with E-state index in [0.29, 0.717) is 23.6 Å². The Morgan fingerprint density at radius 2 is 1.81 bits per heavy atom. The van der Waals surface area contributed by atoms with Gasteiger partial charge in [0.15, 0.2) is 0 Å². The van der Waals surface area contributed by atoms with Gasteiger partial charge in [0.25, 0.3) is 5.69 Å². The van der Waals surface area contributed by atoms with Crippen LogP contribution < -0.4 is 10.1 Å². The molecule has 0 aromatic heterocycles. The van der Waals surface area contributed by atoms with Gasteiger partial charge in [-0.15, -0.1) is 0 Å². The summed E-state index contributed by atoms with van der Waals surface area (Å²) in [6.07, 6.45) is 0. The van der Waals surface area contributed by atoms with Crippen molar-refractivity contribution in [3.63, 3.8) is 0 Å². The Hall–Kier alpha value is -3.88. The largest absolute Gasteiger partial charge is 0.490 e. The van der Waals surface area contributed by atoms with E-state index in [9.17, 15) is 19.7 Å². The van der Waals surface area contributed by atoms with Gasteiger partial charge in [0, 0.05) is 24.4 Å².